The Kier molecular flexibility index (Phi) is 4.76. The van der Waals surface area contributed by atoms with E-state index in [1.54, 1.807) is 0 Å². The summed E-state index contributed by atoms with van der Waals surface area (Å²) < 4.78 is 10.7. The van der Waals surface area contributed by atoms with Crippen LogP contribution in [-0.4, -0.2) is 39.7 Å². The molecule has 5 nitrogen and oxygen atoms in total. The maximum atomic E-state index is 11.3. The molecule has 0 aromatic rings. The number of hydrogen-bond donors (Lipinski definition) is 2. The highest BCUT2D eigenvalue weighted by molar-refractivity contribution is 7.84. The van der Waals surface area contributed by atoms with E-state index in [1.807, 2.05) is 0 Å². The zero-order valence-corrected chi connectivity index (χ0v) is 9.31. The lowest BCUT2D eigenvalue weighted by molar-refractivity contribution is -0.153. The van der Waals surface area contributed by atoms with Crippen molar-refractivity contribution in [2.75, 3.05) is 18.6 Å². The molecule has 2 N–H and O–H groups in total. The summed E-state index contributed by atoms with van der Waals surface area (Å²) in [5.74, 6) is -1.40. The number of carbonyl (C=O) groups excluding carboxylic acids is 1. The third-order valence-electron chi connectivity index (χ3n) is 1.78. The normalized spacial score (nSPS) is 13.4. The van der Waals surface area contributed by atoms with E-state index in [1.165, 1.54) is 20.1 Å². The summed E-state index contributed by atoms with van der Waals surface area (Å²) in [4.78, 5) is 21.9. The zero-order valence-electron chi connectivity index (χ0n) is 8.49. The third-order valence-corrected chi connectivity index (χ3v) is 2.56. The highest BCUT2D eigenvalue weighted by Gasteiger charge is 2.35. The van der Waals surface area contributed by atoms with E-state index in [0.717, 1.165) is 0 Å². The van der Waals surface area contributed by atoms with E-state index in [2.05, 4.69) is 5.32 Å². The van der Waals surface area contributed by atoms with Crippen LogP contribution in [0.3, 0.4) is 0 Å². The smallest absolute Gasteiger partial charge is 0.318 e. The van der Waals surface area contributed by atoms with E-state index < -0.39 is 28.1 Å². The number of nitrogens with one attached hydrogen (secondary N) is 1. The van der Waals surface area contributed by atoms with Crippen LogP contribution in [0.2, 0.25) is 0 Å². The average Bonchev–Trinajstić information content (AvgIpc) is 2.02. The number of carboxylic acid groups (broad SMARTS) is 1. The molecule has 0 aliphatic carbocycles. The molecule has 0 rings (SSSR count). The SMILES string of the molecule is CS(=O)CCNC(=O)C(C)(C)C(=O)O. The van der Waals surface area contributed by atoms with Crippen LogP contribution in [0.4, 0.5) is 0 Å². The van der Waals surface area contributed by atoms with Crippen LogP contribution in [0.5, 0.6) is 0 Å². The molecular weight excluding hydrogens is 206 g/mol. The van der Waals surface area contributed by atoms with Gasteiger partial charge in [0.05, 0.1) is 0 Å². The molecule has 0 bridgehead atoms. The fraction of sp³-hybridized carbons (Fsp3) is 0.750. The van der Waals surface area contributed by atoms with E-state index in [-0.39, 0.29) is 6.54 Å². The van der Waals surface area contributed by atoms with Gasteiger partial charge in [0, 0.05) is 29.4 Å². The van der Waals surface area contributed by atoms with Gasteiger partial charge in [0.15, 0.2) is 0 Å². The van der Waals surface area contributed by atoms with Crippen LogP contribution in [-0.2, 0) is 20.4 Å². The van der Waals surface area contributed by atoms with Crippen LogP contribution in [0.15, 0.2) is 0 Å². The molecule has 6 heteroatoms. The lowest BCUT2D eigenvalue weighted by Gasteiger charge is -2.17. The maximum Gasteiger partial charge on any atom is 0.318 e. The Morgan fingerprint density at radius 2 is 1.93 bits per heavy atom. The van der Waals surface area contributed by atoms with Crippen molar-refractivity contribution in [3.8, 4) is 0 Å². The molecule has 0 aromatic carbocycles. The summed E-state index contributed by atoms with van der Waals surface area (Å²) in [6.45, 7) is 2.89. The molecule has 0 aliphatic rings. The van der Waals surface area contributed by atoms with Crippen LogP contribution in [0.1, 0.15) is 13.8 Å². The standard InChI is InChI=1S/C8H15NO4S/c1-8(2,7(11)12)6(10)9-4-5-14(3)13/h4-5H2,1-3H3,(H,9,10)(H,11,12). The van der Waals surface area contributed by atoms with Gasteiger partial charge < -0.3 is 10.4 Å². The highest BCUT2D eigenvalue weighted by Crippen LogP contribution is 2.14. The molecule has 0 saturated carbocycles. The zero-order chi connectivity index (χ0) is 11.4. The topological polar surface area (TPSA) is 83.5 Å². The van der Waals surface area contributed by atoms with Crippen molar-refractivity contribution in [3.63, 3.8) is 0 Å². The molecule has 1 unspecified atom stereocenters. The van der Waals surface area contributed by atoms with Crippen molar-refractivity contribution < 1.29 is 18.9 Å². The quantitative estimate of drug-likeness (QED) is 0.618. The van der Waals surface area contributed by atoms with Crippen LogP contribution in [0, 0.1) is 5.41 Å². The number of rotatable bonds is 5. The van der Waals surface area contributed by atoms with Crippen LogP contribution < -0.4 is 5.32 Å². The third kappa shape index (κ3) is 3.87. The van der Waals surface area contributed by atoms with Gasteiger partial charge in [-0.15, -0.1) is 0 Å². The average molecular weight is 221 g/mol. The van der Waals surface area contributed by atoms with E-state index >= 15 is 0 Å². The molecule has 1 amide bonds. The molecular formula is C8H15NO4S. The summed E-state index contributed by atoms with van der Waals surface area (Å²) in [6.07, 6.45) is 1.52. The Balaban J connectivity index is 4.09. The predicted octanol–water partition coefficient (Wildman–Crippen LogP) is -0.408. The van der Waals surface area contributed by atoms with Gasteiger partial charge in [-0.1, -0.05) is 0 Å². The Labute approximate surface area is 85.3 Å². The van der Waals surface area contributed by atoms with Gasteiger partial charge in [-0.05, 0) is 13.8 Å². The molecule has 82 valence electrons. The molecule has 0 heterocycles. The first-order valence-corrected chi connectivity index (χ1v) is 5.83. The first-order valence-electron chi connectivity index (χ1n) is 4.10. The summed E-state index contributed by atoms with van der Waals surface area (Å²) in [5, 5.41) is 11.1. The lowest BCUT2D eigenvalue weighted by atomic mass is 9.93. The molecule has 0 fully saturated rings. The van der Waals surface area contributed by atoms with Crippen molar-refractivity contribution >= 4 is 22.7 Å². The summed E-state index contributed by atoms with van der Waals surface area (Å²) in [5.41, 5.74) is -1.44. The van der Waals surface area contributed by atoms with Gasteiger partial charge in [-0.25, -0.2) is 0 Å². The lowest BCUT2D eigenvalue weighted by Crippen LogP contribution is -2.43. The van der Waals surface area contributed by atoms with Crippen LogP contribution >= 0.6 is 0 Å². The molecule has 0 aliphatic heterocycles. The van der Waals surface area contributed by atoms with Gasteiger partial charge in [-0.3, -0.25) is 13.8 Å². The molecule has 0 saturated heterocycles. The van der Waals surface area contributed by atoms with E-state index in [4.69, 9.17) is 5.11 Å². The first-order chi connectivity index (χ1) is 6.28. The summed E-state index contributed by atoms with van der Waals surface area (Å²) in [7, 11) is -0.982. The minimum Gasteiger partial charge on any atom is -0.480 e. The Hall–Kier alpha value is -0.910. The number of hydrogen-bond acceptors (Lipinski definition) is 3. The summed E-state index contributed by atoms with van der Waals surface area (Å²) in [6, 6.07) is 0. The van der Waals surface area contributed by atoms with Crippen molar-refractivity contribution in [3.05, 3.63) is 0 Å². The molecule has 0 aromatic heterocycles. The van der Waals surface area contributed by atoms with Gasteiger partial charge in [-0.2, -0.15) is 0 Å². The van der Waals surface area contributed by atoms with Crippen molar-refractivity contribution in [1.82, 2.24) is 5.32 Å². The minimum atomic E-state index is -1.44. The fourth-order valence-electron chi connectivity index (χ4n) is 0.626. The number of amides is 1. The molecule has 0 spiro atoms. The Bertz CT molecular complexity index is 262. The van der Waals surface area contributed by atoms with E-state index in [0.29, 0.717) is 5.75 Å². The second-order valence-electron chi connectivity index (χ2n) is 3.46. The molecule has 14 heavy (non-hydrogen) atoms. The fourth-order valence-corrected chi connectivity index (χ4v) is 1.02. The second kappa shape index (κ2) is 5.09. The van der Waals surface area contributed by atoms with E-state index in [9.17, 15) is 13.8 Å². The minimum absolute atomic E-state index is 0.235. The monoisotopic (exact) mass is 221 g/mol. The molecule has 0 radical (unpaired) electrons. The van der Waals surface area contributed by atoms with Gasteiger partial charge in [0.2, 0.25) is 5.91 Å². The Morgan fingerprint density at radius 1 is 1.43 bits per heavy atom. The highest BCUT2D eigenvalue weighted by atomic mass is 32.2. The van der Waals surface area contributed by atoms with Crippen molar-refractivity contribution in [1.29, 1.82) is 0 Å². The summed E-state index contributed by atoms with van der Waals surface area (Å²) >= 11 is 0. The van der Waals surface area contributed by atoms with Crippen LogP contribution in [0.25, 0.3) is 0 Å². The Morgan fingerprint density at radius 3 is 2.29 bits per heavy atom. The number of carboxylic acids is 1. The molecule has 1 atom stereocenters. The van der Waals surface area contributed by atoms with Gasteiger partial charge in [0.25, 0.3) is 0 Å². The second-order valence-corrected chi connectivity index (χ2v) is 5.02. The van der Waals surface area contributed by atoms with Gasteiger partial charge in [0.1, 0.15) is 5.41 Å². The predicted molar refractivity (Wildman–Crippen MR) is 53.4 cm³/mol. The maximum absolute atomic E-state index is 11.3. The first kappa shape index (κ1) is 13.1. The largest absolute Gasteiger partial charge is 0.480 e. The number of aliphatic carboxylic acids is 1. The van der Waals surface area contributed by atoms with Crippen molar-refractivity contribution in [2.45, 2.75) is 13.8 Å². The number of carbonyl (C=O) groups is 2. The van der Waals surface area contributed by atoms with Gasteiger partial charge >= 0.3 is 5.97 Å². The van der Waals surface area contributed by atoms with Crippen molar-refractivity contribution in [2.24, 2.45) is 5.41 Å².